The van der Waals surface area contributed by atoms with E-state index in [1.54, 1.807) is 10.9 Å². The molecule has 0 amide bonds. The molecule has 5 heteroatoms. The highest BCUT2D eigenvalue weighted by Crippen LogP contribution is 2.25. The minimum absolute atomic E-state index is 0.0763. The third-order valence-corrected chi connectivity index (χ3v) is 2.79. The van der Waals surface area contributed by atoms with Crippen LogP contribution in [0, 0.1) is 5.92 Å². The second-order valence-corrected chi connectivity index (χ2v) is 4.60. The molecule has 0 saturated heterocycles. The minimum Gasteiger partial charge on any atom is -0.271 e. The largest absolute Gasteiger partial charge is 0.271 e. The summed E-state index contributed by atoms with van der Waals surface area (Å²) in [6.45, 7) is 4.39. The molecule has 1 aromatic rings. The van der Waals surface area contributed by atoms with Crippen molar-refractivity contribution in [2.75, 3.05) is 0 Å². The molecule has 15 heavy (non-hydrogen) atoms. The maximum absolute atomic E-state index is 6.06. The van der Waals surface area contributed by atoms with Crippen LogP contribution in [-0.2, 0) is 7.05 Å². The summed E-state index contributed by atoms with van der Waals surface area (Å²) >= 11 is 6.06. The molecule has 0 aromatic carbocycles. The van der Waals surface area contributed by atoms with E-state index in [0.717, 1.165) is 18.5 Å². The van der Waals surface area contributed by atoms with Crippen LogP contribution < -0.4 is 11.3 Å². The smallest absolute Gasteiger partial charge is 0.0834 e. The molecule has 3 N–H and O–H groups in total. The molecule has 0 saturated carbocycles. The zero-order chi connectivity index (χ0) is 11.4. The Bertz CT molecular complexity index is 289. The van der Waals surface area contributed by atoms with Crippen LogP contribution in [0.1, 0.15) is 38.4 Å². The highest BCUT2D eigenvalue weighted by molar-refractivity contribution is 6.31. The van der Waals surface area contributed by atoms with E-state index < -0.39 is 0 Å². The van der Waals surface area contributed by atoms with Crippen LogP contribution in [0.4, 0.5) is 0 Å². The summed E-state index contributed by atoms with van der Waals surface area (Å²) in [6.07, 6.45) is 3.72. The van der Waals surface area contributed by atoms with Crippen molar-refractivity contribution >= 4 is 11.6 Å². The number of hydrazine groups is 1. The predicted molar refractivity (Wildman–Crippen MR) is 62.4 cm³/mol. The molecule has 0 fully saturated rings. The molecule has 0 aliphatic rings. The van der Waals surface area contributed by atoms with Gasteiger partial charge < -0.3 is 0 Å². The third-order valence-electron chi connectivity index (χ3n) is 2.50. The molecule has 0 radical (unpaired) electrons. The number of hydrogen-bond acceptors (Lipinski definition) is 3. The second kappa shape index (κ2) is 5.49. The summed E-state index contributed by atoms with van der Waals surface area (Å²) in [5.74, 6) is 6.20. The van der Waals surface area contributed by atoms with E-state index in [-0.39, 0.29) is 6.04 Å². The summed E-state index contributed by atoms with van der Waals surface area (Å²) in [7, 11) is 1.88. The first-order valence-electron chi connectivity index (χ1n) is 5.19. The molecule has 0 spiro atoms. The van der Waals surface area contributed by atoms with Crippen molar-refractivity contribution in [3.05, 3.63) is 16.9 Å². The van der Waals surface area contributed by atoms with E-state index in [0.29, 0.717) is 10.9 Å². The Morgan fingerprint density at radius 2 is 2.20 bits per heavy atom. The maximum atomic E-state index is 6.06. The fourth-order valence-corrected chi connectivity index (χ4v) is 1.91. The van der Waals surface area contributed by atoms with E-state index in [1.165, 1.54) is 0 Å². The lowest BCUT2D eigenvalue weighted by Crippen LogP contribution is -2.30. The van der Waals surface area contributed by atoms with E-state index in [9.17, 15) is 0 Å². The van der Waals surface area contributed by atoms with Crippen molar-refractivity contribution in [3.8, 4) is 0 Å². The molecule has 4 nitrogen and oxygen atoms in total. The lowest BCUT2D eigenvalue weighted by Gasteiger charge is -2.17. The topological polar surface area (TPSA) is 55.9 Å². The minimum atomic E-state index is 0.0763. The van der Waals surface area contributed by atoms with Crippen molar-refractivity contribution in [3.63, 3.8) is 0 Å². The molecule has 1 atom stereocenters. The van der Waals surface area contributed by atoms with Crippen molar-refractivity contribution in [1.82, 2.24) is 15.2 Å². The predicted octanol–water partition coefficient (Wildman–Crippen LogP) is 2.01. The van der Waals surface area contributed by atoms with Crippen LogP contribution in [0.25, 0.3) is 0 Å². The standard InChI is InChI=1S/C10H19ClN4/c1-7(2)4-5-9(14-12)10-8(11)6-13-15(10)3/h6-7,9,14H,4-5,12H2,1-3H3. The first-order valence-corrected chi connectivity index (χ1v) is 5.57. The molecule has 1 aromatic heterocycles. The summed E-state index contributed by atoms with van der Waals surface area (Å²) in [6, 6.07) is 0.0763. The van der Waals surface area contributed by atoms with Gasteiger partial charge in [-0.05, 0) is 18.8 Å². The van der Waals surface area contributed by atoms with Crippen LogP contribution in [-0.4, -0.2) is 9.78 Å². The molecule has 0 aliphatic carbocycles. The highest BCUT2D eigenvalue weighted by Gasteiger charge is 2.17. The van der Waals surface area contributed by atoms with Gasteiger partial charge in [-0.25, -0.2) is 0 Å². The molecule has 1 unspecified atom stereocenters. The van der Waals surface area contributed by atoms with Gasteiger partial charge in [0.05, 0.1) is 23.0 Å². The average Bonchev–Trinajstić information content (AvgIpc) is 2.49. The van der Waals surface area contributed by atoms with E-state index >= 15 is 0 Å². The van der Waals surface area contributed by atoms with Gasteiger partial charge in [0, 0.05) is 7.05 Å². The molecule has 0 bridgehead atoms. The van der Waals surface area contributed by atoms with Gasteiger partial charge in [-0.3, -0.25) is 16.0 Å². The average molecular weight is 231 g/mol. The number of rotatable bonds is 5. The van der Waals surface area contributed by atoms with Gasteiger partial charge in [0.15, 0.2) is 0 Å². The Kier molecular flexibility index (Phi) is 4.57. The number of nitrogens with one attached hydrogen (secondary N) is 1. The van der Waals surface area contributed by atoms with Gasteiger partial charge in [-0.2, -0.15) is 5.10 Å². The number of aryl methyl sites for hydroxylation is 1. The first kappa shape index (κ1) is 12.5. The molecule has 1 rings (SSSR count). The van der Waals surface area contributed by atoms with Gasteiger partial charge in [-0.15, -0.1) is 0 Å². The van der Waals surface area contributed by atoms with Crippen LogP contribution in [0.2, 0.25) is 5.02 Å². The Morgan fingerprint density at radius 3 is 2.60 bits per heavy atom. The van der Waals surface area contributed by atoms with Crippen LogP contribution in [0.5, 0.6) is 0 Å². The molecule has 86 valence electrons. The quantitative estimate of drug-likeness (QED) is 0.601. The van der Waals surface area contributed by atoms with Crippen LogP contribution >= 0.6 is 11.6 Å². The monoisotopic (exact) mass is 230 g/mol. The number of halogens is 1. The fourth-order valence-electron chi connectivity index (χ4n) is 1.61. The molecular weight excluding hydrogens is 212 g/mol. The van der Waals surface area contributed by atoms with Gasteiger partial charge in [0.2, 0.25) is 0 Å². The zero-order valence-electron chi connectivity index (χ0n) is 9.50. The molecule has 1 heterocycles. The second-order valence-electron chi connectivity index (χ2n) is 4.19. The number of aromatic nitrogens is 2. The lowest BCUT2D eigenvalue weighted by atomic mass is 10.0. The molecule has 0 aliphatic heterocycles. The SMILES string of the molecule is CC(C)CCC(NN)c1c(Cl)cnn1C. The van der Waals surface area contributed by atoms with Gasteiger partial charge >= 0.3 is 0 Å². The maximum Gasteiger partial charge on any atom is 0.0834 e. The summed E-state index contributed by atoms with van der Waals surface area (Å²) in [5, 5.41) is 4.77. The van der Waals surface area contributed by atoms with Crippen LogP contribution in [0.3, 0.4) is 0 Å². The van der Waals surface area contributed by atoms with Crippen LogP contribution in [0.15, 0.2) is 6.20 Å². The summed E-state index contributed by atoms with van der Waals surface area (Å²) < 4.78 is 1.77. The normalized spacial score (nSPS) is 13.5. The van der Waals surface area contributed by atoms with Gasteiger partial charge in [0.1, 0.15) is 0 Å². The summed E-state index contributed by atoms with van der Waals surface area (Å²) in [5.41, 5.74) is 3.75. The Balaban J connectivity index is 2.74. The number of nitrogens with zero attached hydrogens (tertiary/aromatic N) is 2. The van der Waals surface area contributed by atoms with Gasteiger partial charge in [-0.1, -0.05) is 25.4 Å². The Hall–Kier alpha value is -0.580. The van der Waals surface area contributed by atoms with Crippen molar-refractivity contribution in [2.24, 2.45) is 18.8 Å². The summed E-state index contributed by atoms with van der Waals surface area (Å²) in [4.78, 5) is 0. The Morgan fingerprint density at radius 1 is 1.53 bits per heavy atom. The Labute approximate surface area is 95.8 Å². The fraction of sp³-hybridized carbons (Fsp3) is 0.700. The van der Waals surface area contributed by atoms with E-state index in [2.05, 4.69) is 24.4 Å². The van der Waals surface area contributed by atoms with Gasteiger partial charge in [0.25, 0.3) is 0 Å². The lowest BCUT2D eigenvalue weighted by molar-refractivity contribution is 0.428. The van der Waals surface area contributed by atoms with Crippen molar-refractivity contribution < 1.29 is 0 Å². The third kappa shape index (κ3) is 3.19. The zero-order valence-corrected chi connectivity index (χ0v) is 10.3. The van der Waals surface area contributed by atoms with E-state index in [4.69, 9.17) is 17.4 Å². The number of hydrogen-bond donors (Lipinski definition) is 2. The van der Waals surface area contributed by atoms with Crippen molar-refractivity contribution in [1.29, 1.82) is 0 Å². The van der Waals surface area contributed by atoms with E-state index in [1.807, 2.05) is 7.05 Å². The first-order chi connectivity index (χ1) is 7.06. The molecular formula is C10H19ClN4. The van der Waals surface area contributed by atoms with Crippen molar-refractivity contribution in [2.45, 2.75) is 32.7 Å². The number of nitrogens with two attached hydrogens (primary N) is 1. The highest BCUT2D eigenvalue weighted by atomic mass is 35.5.